The Morgan fingerprint density at radius 1 is 1.12 bits per heavy atom. The molecule has 2 aliphatic rings. The van der Waals surface area contributed by atoms with Gasteiger partial charge < -0.3 is 4.90 Å². The zero-order valence-electron chi connectivity index (χ0n) is 13.9. The Balaban J connectivity index is 1.94. The second-order valence-corrected chi connectivity index (χ2v) is 7.47. The van der Waals surface area contributed by atoms with E-state index in [9.17, 15) is 14.0 Å². The molecule has 1 fully saturated rings. The van der Waals surface area contributed by atoms with Gasteiger partial charge in [0, 0.05) is 16.8 Å². The Labute approximate surface area is 153 Å². The second kappa shape index (κ2) is 4.95. The Kier molecular flexibility index (Phi) is 2.97. The van der Waals surface area contributed by atoms with Crippen molar-refractivity contribution in [1.29, 1.82) is 0 Å². The summed E-state index contributed by atoms with van der Waals surface area (Å²) in [6.45, 7) is 1.95. The van der Waals surface area contributed by atoms with Crippen LogP contribution in [0.3, 0.4) is 0 Å². The molecule has 1 atom stereocenters. The van der Waals surface area contributed by atoms with Crippen LogP contribution in [0.25, 0.3) is 10.9 Å². The lowest BCUT2D eigenvalue weighted by Crippen LogP contribution is -2.41. The summed E-state index contributed by atoms with van der Waals surface area (Å²) in [6.07, 6.45) is 0.962. The fourth-order valence-electron chi connectivity index (χ4n) is 4.29. The first-order valence-electron chi connectivity index (χ1n) is 8.39. The summed E-state index contributed by atoms with van der Waals surface area (Å²) in [6, 6.07) is 11.2. The fourth-order valence-corrected chi connectivity index (χ4v) is 4.47. The van der Waals surface area contributed by atoms with E-state index in [1.807, 2.05) is 13.0 Å². The number of hydrogen-bond donors (Lipinski definition) is 0. The summed E-state index contributed by atoms with van der Waals surface area (Å²) in [5.41, 5.74) is 1.40. The van der Waals surface area contributed by atoms with Crippen LogP contribution in [0.2, 0.25) is 5.02 Å². The summed E-state index contributed by atoms with van der Waals surface area (Å²) in [4.78, 5) is 27.7. The average Bonchev–Trinajstić information content (AvgIpc) is 3.11. The largest absolute Gasteiger partial charge is 0.300 e. The minimum Gasteiger partial charge on any atom is -0.300 e. The van der Waals surface area contributed by atoms with Gasteiger partial charge in [0.1, 0.15) is 5.82 Å². The first-order valence-corrected chi connectivity index (χ1v) is 8.77. The zero-order valence-corrected chi connectivity index (χ0v) is 14.7. The first kappa shape index (κ1) is 15.6. The van der Waals surface area contributed by atoms with E-state index in [-0.39, 0.29) is 17.4 Å². The molecule has 3 aromatic rings. The topological polar surface area (TPSA) is 42.3 Å². The number of fused-ring (bicyclic) bond motifs is 7. The molecule has 26 heavy (non-hydrogen) atoms. The predicted molar refractivity (Wildman–Crippen MR) is 97.1 cm³/mol. The Hall–Kier alpha value is -2.66. The van der Waals surface area contributed by atoms with E-state index in [1.165, 1.54) is 18.2 Å². The van der Waals surface area contributed by atoms with Crippen molar-refractivity contribution in [3.8, 4) is 0 Å². The van der Waals surface area contributed by atoms with Crippen molar-refractivity contribution in [2.75, 3.05) is 4.90 Å². The van der Waals surface area contributed by atoms with Crippen molar-refractivity contribution < 1.29 is 14.0 Å². The number of amides is 1. The van der Waals surface area contributed by atoms with Crippen molar-refractivity contribution in [2.24, 2.45) is 0 Å². The number of benzene rings is 2. The number of halogens is 2. The fraction of sp³-hybridized carbons (Fsp3) is 0.200. The number of hydrogen-bond acceptors (Lipinski definition) is 2. The molecule has 1 amide bonds. The van der Waals surface area contributed by atoms with E-state index < -0.39 is 11.4 Å². The maximum absolute atomic E-state index is 13.9. The molecule has 0 spiro atoms. The van der Waals surface area contributed by atoms with Crippen molar-refractivity contribution in [2.45, 2.75) is 25.3 Å². The van der Waals surface area contributed by atoms with Crippen LogP contribution in [0.1, 0.15) is 35.8 Å². The lowest BCUT2D eigenvalue weighted by atomic mass is 9.94. The van der Waals surface area contributed by atoms with Crippen molar-refractivity contribution in [3.05, 3.63) is 64.6 Å². The first-order chi connectivity index (χ1) is 12.4. The maximum Gasteiger partial charge on any atom is 0.264 e. The molecule has 2 aromatic carbocycles. The molecule has 1 aromatic heterocycles. The third kappa shape index (κ3) is 1.84. The van der Waals surface area contributed by atoms with Gasteiger partial charge in [-0.3, -0.25) is 14.2 Å². The van der Waals surface area contributed by atoms with E-state index >= 15 is 0 Å². The molecule has 6 heteroatoms. The van der Waals surface area contributed by atoms with Gasteiger partial charge in [-0.05, 0) is 55.8 Å². The third-order valence-electron chi connectivity index (χ3n) is 5.52. The van der Waals surface area contributed by atoms with Crippen LogP contribution in [-0.2, 0) is 10.3 Å². The molecule has 5 rings (SSSR count). The molecular weight excluding hydrogens is 355 g/mol. The molecule has 4 nitrogen and oxygen atoms in total. The van der Waals surface area contributed by atoms with Crippen LogP contribution in [0.5, 0.6) is 0 Å². The number of anilines is 1. The van der Waals surface area contributed by atoms with Gasteiger partial charge in [0.05, 0.1) is 28.0 Å². The van der Waals surface area contributed by atoms with Crippen LogP contribution in [0, 0.1) is 5.82 Å². The zero-order chi connectivity index (χ0) is 18.2. The lowest BCUT2D eigenvalue weighted by molar-refractivity contribution is -0.117. The number of carbonyl (C=O) groups excluding carboxylic acids is 2. The van der Waals surface area contributed by atoms with Crippen LogP contribution in [0.4, 0.5) is 10.1 Å². The minimum absolute atomic E-state index is 0.0649. The quantitative estimate of drug-likeness (QED) is 0.587. The van der Waals surface area contributed by atoms with E-state index in [1.54, 1.807) is 27.7 Å². The summed E-state index contributed by atoms with van der Waals surface area (Å²) in [7, 11) is 0. The molecule has 0 aliphatic carbocycles. The average molecular weight is 369 g/mol. The summed E-state index contributed by atoms with van der Waals surface area (Å²) in [5, 5.41) is 1.39. The number of carbonyl (C=O) groups is 2. The lowest BCUT2D eigenvalue weighted by Gasteiger charge is -2.34. The van der Waals surface area contributed by atoms with Crippen LogP contribution >= 0.6 is 11.6 Å². The maximum atomic E-state index is 13.9. The normalized spacial score (nSPS) is 21.6. The van der Waals surface area contributed by atoms with Gasteiger partial charge in [-0.1, -0.05) is 11.6 Å². The molecule has 0 radical (unpaired) electrons. The summed E-state index contributed by atoms with van der Waals surface area (Å²) < 4.78 is 15.5. The van der Waals surface area contributed by atoms with E-state index in [0.29, 0.717) is 29.1 Å². The predicted octanol–water partition coefficient (Wildman–Crippen LogP) is 4.48. The molecule has 1 saturated heterocycles. The third-order valence-corrected chi connectivity index (χ3v) is 5.75. The van der Waals surface area contributed by atoms with E-state index in [0.717, 1.165) is 11.1 Å². The molecule has 0 bridgehead atoms. The number of rotatable bonds is 0. The standard InChI is InChI=1S/C20H14ClFN2O2/c1-20-7-6-18(25)24(20)16-5-3-13(22)10-14(16)19(26)23-15-4-2-12(21)8-11(15)9-17(20)23/h2-5,8-10H,6-7H2,1H3. The van der Waals surface area contributed by atoms with Gasteiger partial charge in [-0.15, -0.1) is 0 Å². The van der Waals surface area contributed by atoms with Gasteiger partial charge >= 0.3 is 0 Å². The molecule has 0 saturated carbocycles. The highest BCUT2D eigenvalue weighted by Crippen LogP contribution is 2.47. The molecule has 3 heterocycles. The van der Waals surface area contributed by atoms with Crippen LogP contribution < -0.4 is 4.90 Å². The van der Waals surface area contributed by atoms with Gasteiger partial charge in [-0.2, -0.15) is 0 Å². The molecular formula is C20H14ClFN2O2. The van der Waals surface area contributed by atoms with E-state index in [4.69, 9.17) is 11.6 Å². The Morgan fingerprint density at radius 2 is 1.92 bits per heavy atom. The second-order valence-electron chi connectivity index (χ2n) is 7.04. The smallest absolute Gasteiger partial charge is 0.264 e. The van der Waals surface area contributed by atoms with Gasteiger partial charge in [0.25, 0.3) is 5.91 Å². The van der Waals surface area contributed by atoms with Gasteiger partial charge in [0.15, 0.2) is 0 Å². The van der Waals surface area contributed by atoms with Gasteiger partial charge in [-0.25, -0.2) is 4.39 Å². The van der Waals surface area contributed by atoms with Crippen LogP contribution in [0.15, 0.2) is 42.5 Å². The van der Waals surface area contributed by atoms with Crippen molar-refractivity contribution in [3.63, 3.8) is 0 Å². The van der Waals surface area contributed by atoms with E-state index in [2.05, 4.69) is 0 Å². The Bertz CT molecular complexity index is 1140. The minimum atomic E-state index is -0.679. The molecule has 2 aliphatic heterocycles. The number of aromatic nitrogens is 1. The SMILES string of the molecule is CC12CCC(=O)N1c1ccc(F)cc1C(=O)n1c2cc2cc(Cl)ccc21. The molecule has 130 valence electrons. The van der Waals surface area contributed by atoms with Crippen molar-refractivity contribution >= 4 is 40.0 Å². The highest BCUT2D eigenvalue weighted by molar-refractivity contribution is 6.31. The van der Waals surface area contributed by atoms with Crippen molar-refractivity contribution in [1.82, 2.24) is 4.57 Å². The number of nitrogens with zero attached hydrogens (tertiary/aromatic N) is 2. The van der Waals surface area contributed by atoms with Crippen LogP contribution in [-0.4, -0.2) is 16.4 Å². The molecule has 1 unspecified atom stereocenters. The highest BCUT2D eigenvalue weighted by Gasteiger charge is 2.49. The summed E-state index contributed by atoms with van der Waals surface area (Å²) >= 11 is 6.11. The Morgan fingerprint density at radius 3 is 2.73 bits per heavy atom. The van der Waals surface area contributed by atoms with Gasteiger partial charge in [0.2, 0.25) is 5.91 Å². The monoisotopic (exact) mass is 368 g/mol. The molecule has 0 N–H and O–H groups in total. The highest BCUT2D eigenvalue weighted by atomic mass is 35.5. The summed E-state index contributed by atoms with van der Waals surface area (Å²) in [5.74, 6) is -0.909.